The molecule has 0 aliphatic carbocycles. The van der Waals surface area contributed by atoms with Crippen molar-refractivity contribution >= 4 is 11.3 Å². The summed E-state index contributed by atoms with van der Waals surface area (Å²) in [5.41, 5.74) is 1.91. The van der Waals surface area contributed by atoms with E-state index in [4.69, 9.17) is 0 Å². The Morgan fingerprint density at radius 1 is 1.33 bits per heavy atom. The van der Waals surface area contributed by atoms with Crippen LogP contribution >= 0.6 is 11.3 Å². The fraction of sp³-hybridized carbons (Fsp3) is 0.750. The molecule has 1 rings (SSSR count). The summed E-state index contributed by atoms with van der Waals surface area (Å²) in [7, 11) is 0. The van der Waals surface area contributed by atoms with E-state index in [1.165, 1.54) is 36.1 Å². The zero-order chi connectivity index (χ0) is 13.6. The van der Waals surface area contributed by atoms with Gasteiger partial charge in [-0.1, -0.05) is 34.1 Å². The molecular weight excluding hydrogens is 238 g/mol. The smallest absolute Gasteiger partial charge is 0.0417 e. The second-order valence-corrected chi connectivity index (χ2v) is 7.38. The molecule has 1 atom stereocenters. The molecule has 0 aromatic carbocycles. The highest BCUT2D eigenvalue weighted by Gasteiger charge is 2.16. The third kappa shape index (κ3) is 5.53. The SMILES string of the molecule is CCCNC(CCCC(C)(C)C)c1sccc1C. The summed E-state index contributed by atoms with van der Waals surface area (Å²) in [4.78, 5) is 1.54. The molecule has 18 heavy (non-hydrogen) atoms. The van der Waals surface area contributed by atoms with Crippen molar-refractivity contribution in [2.45, 2.75) is 66.3 Å². The first-order valence-electron chi connectivity index (χ1n) is 7.21. The zero-order valence-electron chi connectivity index (χ0n) is 12.7. The Kier molecular flexibility index (Phi) is 6.37. The highest BCUT2D eigenvalue weighted by Crippen LogP contribution is 2.30. The van der Waals surface area contributed by atoms with Gasteiger partial charge in [-0.3, -0.25) is 0 Å². The largest absolute Gasteiger partial charge is 0.309 e. The fourth-order valence-electron chi connectivity index (χ4n) is 2.22. The van der Waals surface area contributed by atoms with E-state index < -0.39 is 0 Å². The van der Waals surface area contributed by atoms with Crippen LogP contribution in [0.5, 0.6) is 0 Å². The summed E-state index contributed by atoms with van der Waals surface area (Å²) in [5.74, 6) is 0. The predicted octanol–water partition coefficient (Wildman–Crippen LogP) is 5.31. The van der Waals surface area contributed by atoms with Crippen molar-refractivity contribution in [1.29, 1.82) is 0 Å². The lowest BCUT2D eigenvalue weighted by Crippen LogP contribution is -2.22. The van der Waals surface area contributed by atoms with Gasteiger partial charge in [-0.2, -0.15) is 0 Å². The third-order valence-electron chi connectivity index (χ3n) is 3.28. The molecular formula is C16H29NS. The van der Waals surface area contributed by atoms with Crippen molar-refractivity contribution in [2.24, 2.45) is 5.41 Å². The molecule has 1 unspecified atom stereocenters. The van der Waals surface area contributed by atoms with Gasteiger partial charge in [0.15, 0.2) is 0 Å². The molecule has 1 nitrogen and oxygen atoms in total. The summed E-state index contributed by atoms with van der Waals surface area (Å²) in [6.45, 7) is 12.6. The lowest BCUT2D eigenvalue weighted by molar-refractivity contribution is 0.344. The molecule has 0 saturated heterocycles. The van der Waals surface area contributed by atoms with Crippen LogP contribution in [0.3, 0.4) is 0 Å². The molecule has 1 aromatic rings. The van der Waals surface area contributed by atoms with Gasteiger partial charge in [-0.05, 0) is 55.2 Å². The van der Waals surface area contributed by atoms with E-state index in [-0.39, 0.29) is 0 Å². The zero-order valence-corrected chi connectivity index (χ0v) is 13.5. The lowest BCUT2D eigenvalue weighted by atomic mass is 9.88. The van der Waals surface area contributed by atoms with Gasteiger partial charge in [0.1, 0.15) is 0 Å². The van der Waals surface area contributed by atoms with Crippen LogP contribution in [0, 0.1) is 12.3 Å². The number of aryl methyl sites for hydroxylation is 1. The monoisotopic (exact) mass is 267 g/mol. The van der Waals surface area contributed by atoms with E-state index in [0.717, 1.165) is 6.54 Å². The minimum Gasteiger partial charge on any atom is -0.309 e. The summed E-state index contributed by atoms with van der Waals surface area (Å²) in [5, 5.41) is 5.93. The molecule has 104 valence electrons. The molecule has 0 spiro atoms. The number of hydrogen-bond acceptors (Lipinski definition) is 2. The van der Waals surface area contributed by atoms with Crippen LogP contribution in [0.15, 0.2) is 11.4 Å². The molecule has 1 heterocycles. The predicted molar refractivity (Wildman–Crippen MR) is 83.4 cm³/mol. The Morgan fingerprint density at radius 2 is 2.06 bits per heavy atom. The van der Waals surface area contributed by atoms with Crippen LogP contribution in [-0.2, 0) is 0 Å². The molecule has 0 bridgehead atoms. The Bertz CT molecular complexity index is 335. The third-order valence-corrected chi connectivity index (χ3v) is 4.41. The minimum atomic E-state index is 0.458. The molecule has 2 heteroatoms. The van der Waals surface area contributed by atoms with Crippen molar-refractivity contribution in [2.75, 3.05) is 6.54 Å². The van der Waals surface area contributed by atoms with Crippen molar-refractivity contribution in [3.05, 3.63) is 21.9 Å². The van der Waals surface area contributed by atoms with Crippen molar-refractivity contribution in [3.8, 4) is 0 Å². The van der Waals surface area contributed by atoms with E-state index in [1.54, 1.807) is 0 Å². The van der Waals surface area contributed by atoms with Gasteiger partial charge in [-0.15, -0.1) is 11.3 Å². The standard InChI is InChI=1S/C16H29NS/c1-6-11-17-14(8-7-10-16(3,4)5)15-13(2)9-12-18-15/h9,12,14,17H,6-8,10-11H2,1-5H3. The van der Waals surface area contributed by atoms with Gasteiger partial charge in [0, 0.05) is 10.9 Å². The highest BCUT2D eigenvalue weighted by atomic mass is 32.1. The molecule has 1 aromatic heterocycles. The van der Waals surface area contributed by atoms with Gasteiger partial charge in [0.25, 0.3) is 0 Å². The Labute approximate surface area is 117 Å². The van der Waals surface area contributed by atoms with Crippen LogP contribution in [-0.4, -0.2) is 6.54 Å². The number of thiophene rings is 1. The van der Waals surface area contributed by atoms with Gasteiger partial charge >= 0.3 is 0 Å². The van der Waals surface area contributed by atoms with Crippen LogP contribution in [0.2, 0.25) is 0 Å². The summed E-state index contributed by atoms with van der Waals surface area (Å²) in [6, 6.07) is 2.80. The highest BCUT2D eigenvalue weighted by molar-refractivity contribution is 7.10. The second kappa shape index (κ2) is 7.30. The van der Waals surface area contributed by atoms with E-state index in [2.05, 4.69) is 51.4 Å². The van der Waals surface area contributed by atoms with Crippen LogP contribution in [0.25, 0.3) is 0 Å². The van der Waals surface area contributed by atoms with E-state index in [0.29, 0.717) is 11.5 Å². The second-order valence-electron chi connectivity index (χ2n) is 6.43. The molecule has 0 aliphatic rings. The summed E-state index contributed by atoms with van der Waals surface area (Å²) in [6.07, 6.45) is 5.09. The first kappa shape index (κ1) is 15.7. The molecule has 0 aliphatic heterocycles. The number of rotatable bonds is 7. The first-order valence-corrected chi connectivity index (χ1v) is 8.09. The Morgan fingerprint density at radius 3 is 2.56 bits per heavy atom. The van der Waals surface area contributed by atoms with Gasteiger partial charge in [-0.25, -0.2) is 0 Å². The van der Waals surface area contributed by atoms with E-state index in [9.17, 15) is 0 Å². The Balaban J connectivity index is 2.54. The lowest BCUT2D eigenvalue weighted by Gasteiger charge is -2.22. The maximum Gasteiger partial charge on any atom is 0.0417 e. The molecule has 0 saturated carbocycles. The normalized spacial score (nSPS) is 13.8. The van der Waals surface area contributed by atoms with Crippen LogP contribution in [0.4, 0.5) is 0 Å². The van der Waals surface area contributed by atoms with Crippen LogP contribution < -0.4 is 5.32 Å². The maximum absolute atomic E-state index is 3.71. The number of hydrogen-bond donors (Lipinski definition) is 1. The molecule has 0 amide bonds. The summed E-state index contributed by atoms with van der Waals surface area (Å²) >= 11 is 1.90. The first-order chi connectivity index (χ1) is 8.44. The van der Waals surface area contributed by atoms with Crippen molar-refractivity contribution in [1.82, 2.24) is 5.32 Å². The van der Waals surface area contributed by atoms with Gasteiger partial charge in [0.05, 0.1) is 0 Å². The fourth-order valence-corrected chi connectivity index (χ4v) is 3.26. The summed E-state index contributed by atoms with van der Waals surface area (Å²) < 4.78 is 0. The quantitative estimate of drug-likeness (QED) is 0.705. The minimum absolute atomic E-state index is 0.458. The average molecular weight is 267 g/mol. The topological polar surface area (TPSA) is 12.0 Å². The number of nitrogens with one attached hydrogen (secondary N) is 1. The van der Waals surface area contributed by atoms with Crippen molar-refractivity contribution < 1.29 is 0 Å². The van der Waals surface area contributed by atoms with Gasteiger partial charge < -0.3 is 5.32 Å². The maximum atomic E-state index is 3.71. The van der Waals surface area contributed by atoms with Crippen molar-refractivity contribution in [3.63, 3.8) is 0 Å². The molecule has 0 radical (unpaired) electrons. The van der Waals surface area contributed by atoms with E-state index >= 15 is 0 Å². The molecule has 1 N–H and O–H groups in total. The average Bonchev–Trinajstić information content (AvgIpc) is 2.68. The Hall–Kier alpha value is -0.340. The van der Waals surface area contributed by atoms with E-state index in [1.807, 2.05) is 11.3 Å². The van der Waals surface area contributed by atoms with Crippen LogP contribution in [0.1, 0.15) is 69.9 Å². The van der Waals surface area contributed by atoms with Gasteiger partial charge in [0.2, 0.25) is 0 Å². The molecule has 0 fully saturated rings.